The number of benzene rings is 3. The molecule has 0 saturated carbocycles. The minimum Gasteiger partial charge on any atom is -0.486 e. The van der Waals surface area contributed by atoms with Gasteiger partial charge in [0.25, 0.3) is 0 Å². The van der Waals surface area contributed by atoms with Gasteiger partial charge in [-0.3, -0.25) is 0 Å². The number of methoxy groups -OCH3 is 1. The molecule has 4 rings (SSSR count). The molecule has 0 unspecified atom stereocenters. The summed E-state index contributed by atoms with van der Waals surface area (Å²) in [6.07, 6.45) is 0. The van der Waals surface area contributed by atoms with Gasteiger partial charge in [0.05, 0.1) is 23.7 Å². The van der Waals surface area contributed by atoms with Crippen LogP contribution >= 0.6 is 0 Å². The molecule has 0 aliphatic rings. The van der Waals surface area contributed by atoms with Gasteiger partial charge in [0, 0.05) is 25.2 Å². The second kappa shape index (κ2) is 8.43. The van der Waals surface area contributed by atoms with Crippen molar-refractivity contribution in [3.8, 4) is 17.2 Å². The van der Waals surface area contributed by atoms with Crippen molar-refractivity contribution in [3.63, 3.8) is 0 Å². The Labute approximate surface area is 176 Å². The summed E-state index contributed by atoms with van der Waals surface area (Å²) in [5.41, 5.74) is 1.55. The highest BCUT2D eigenvalue weighted by atomic mass is 19.1. The van der Waals surface area contributed by atoms with Crippen LogP contribution in [0.15, 0.2) is 60.7 Å². The molecule has 0 spiro atoms. The molecule has 0 radical (unpaired) electrons. The van der Waals surface area contributed by atoms with Crippen LogP contribution in [0.25, 0.3) is 11.0 Å². The third-order valence-corrected chi connectivity index (χ3v) is 4.64. The number of halogens is 2. The predicted molar refractivity (Wildman–Crippen MR) is 109 cm³/mol. The largest absolute Gasteiger partial charge is 0.486 e. The van der Waals surface area contributed by atoms with Gasteiger partial charge in [0.2, 0.25) is 0 Å². The molecule has 8 heteroatoms. The molecule has 3 aromatic carbocycles. The number of aromatic nitrogens is 2. The molecule has 0 bridgehead atoms. The van der Waals surface area contributed by atoms with E-state index in [4.69, 9.17) is 9.47 Å². The first-order chi connectivity index (χ1) is 14.9. The Bertz CT molecular complexity index is 1270. The summed E-state index contributed by atoms with van der Waals surface area (Å²) < 4.78 is 45.0. The SMILES string of the molecule is COC(=O)c1cc(F)cc(OCc2nc3ccc(Oc4cccc(F)c4)cc3n2C)c1. The van der Waals surface area contributed by atoms with E-state index in [9.17, 15) is 13.6 Å². The van der Waals surface area contributed by atoms with Crippen molar-refractivity contribution >= 4 is 17.0 Å². The van der Waals surface area contributed by atoms with Gasteiger partial charge in [0.1, 0.15) is 41.3 Å². The second-order valence-corrected chi connectivity index (χ2v) is 6.75. The van der Waals surface area contributed by atoms with Crippen LogP contribution < -0.4 is 9.47 Å². The Balaban J connectivity index is 1.54. The Morgan fingerprint density at radius 1 is 0.968 bits per heavy atom. The van der Waals surface area contributed by atoms with E-state index in [1.54, 1.807) is 30.3 Å². The lowest BCUT2D eigenvalue weighted by Gasteiger charge is -2.08. The van der Waals surface area contributed by atoms with E-state index >= 15 is 0 Å². The summed E-state index contributed by atoms with van der Waals surface area (Å²) in [5, 5.41) is 0. The molecule has 0 fully saturated rings. The lowest BCUT2D eigenvalue weighted by molar-refractivity contribution is 0.0599. The van der Waals surface area contributed by atoms with Crippen molar-refractivity contribution in [3.05, 3.63) is 83.7 Å². The zero-order chi connectivity index (χ0) is 22.0. The van der Waals surface area contributed by atoms with Crippen LogP contribution in [0.4, 0.5) is 8.78 Å². The van der Waals surface area contributed by atoms with Gasteiger partial charge >= 0.3 is 5.97 Å². The number of hydrogen-bond acceptors (Lipinski definition) is 5. The number of nitrogens with zero attached hydrogens (tertiary/aromatic N) is 2. The summed E-state index contributed by atoms with van der Waals surface area (Å²) in [4.78, 5) is 16.2. The maximum atomic E-state index is 13.8. The highest BCUT2D eigenvalue weighted by Crippen LogP contribution is 2.27. The predicted octanol–water partition coefficient (Wildman–Crippen LogP) is 5.01. The van der Waals surface area contributed by atoms with E-state index in [1.165, 1.54) is 31.4 Å². The number of ether oxygens (including phenoxy) is 3. The molecule has 31 heavy (non-hydrogen) atoms. The van der Waals surface area contributed by atoms with Gasteiger partial charge < -0.3 is 18.8 Å². The fourth-order valence-corrected chi connectivity index (χ4v) is 3.11. The number of esters is 1. The smallest absolute Gasteiger partial charge is 0.338 e. The number of rotatable bonds is 6. The first-order valence-electron chi connectivity index (χ1n) is 9.33. The Morgan fingerprint density at radius 3 is 2.52 bits per heavy atom. The summed E-state index contributed by atoms with van der Waals surface area (Å²) in [6.45, 7) is 0.0509. The quantitative estimate of drug-likeness (QED) is 0.407. The van der Waals surface area contributed by atoms with Gasteiger partial charge in [-0.15, -0.1) is 0 Å². The van der Waals surface area contributed by atoms with Gasteiger partial charge in [-0.1, -0.05) is 6.07 Å². The Kier molecular flexibility index (Phi) is 5.53. The number of carbonyl (C=O) groups excluding carboxylic acids is 1. The van der Waals surface area contributed by atoms with Crippen LogP contribution in [0.1, 0.15) is 16.2 Å². The molecule has 158 valence electrons. The minimum absolute atomic E-state index is 0.0509. The number of aryl methyl sites for hydroxylation is 1. The molecule has 0 aliphatic carbocycles. The molecular weight excluding hydrogens is 406 g/mol. The lowest BCUT2D eigenvalue weighted by atomic mass is 10.2. The monoisotopic (exact) mass is 424 g/mol. The fraction of sp³-hybridized carbons (Fsp3) is 0.130. The first kappa shape index (κ1) is 20.3. The van der Waals surface area contributed by atoms with Crippen LogP contribution in [0.5, 0.6) is 17.2 Å². The van der Waals surface area contributed by atoms with E-state index in [2.05, 4.69) is 9.72 Å². The van der Waals surface area contributed by atoms with Crippen molar-refractivity contribution < 1.29 is 27.8 Å². The second-order valence-electron chi connectivity index (χ2n) is 6.75. The topological polar surface area (TPSA) is 62.6 Å². The number of imidazole rings is 1. The van der Waals surface area contributed by atoms with E-state index in [0.29, 0.717) is 22.8 Å². The molecule has 1 aromatic heterocycles. The molecule has 0 atom stereocenters. The maximum Gasteiger partial charge on any atom is 0.338 e. The van der Waals surface area contributed by atoms with E-state index < -0.39 is 11.8 Å². The number of fused-ring (bicyclic) bond motifs is 1. The summed E-state index contributed by atoms with van der Waals surface area (Å²) >= 11 is 0. The molecule has 0 N–H and O–H groups in total. The van der Waals surface area contributed by atoms with E-state index in [-0.39, 0.29) is 23.7 Å². The van der Waals surface area contributed by atoms with Crippen molar-refractivity contribution in [2.24, 2.45) is 7.05 Å². The number of carbonyl (C=O) groups is 1. The van der Waals surface area contributed by atoms with Crippen LogP contribution in [0.2, 0.25) is 0 Å². The molecule has 0 amide bonds. The highest BCUT2D eigenvalue weighted by Gasteiger charge is 2.13. The Morgan fingerprint density at radius 2 is 1.74 bits per heavy atom. The van der Waals surface area contributed by atoms with Crippen LogP contribution in [-0.2, 0) is 18.4 Å². The third kappa shape index (κ3) is 4.48. The lowest BCUT2D eigenvalue weighted by Crippen LogP contribution is -2.06. The standard InChI is InChI=1S/C23H18F2N2O4/c1-27-21-12-18(31-17-5-3-4-15(24)10-17)6-7-20(21)26-22(27)13-30-19-9-14(23(28)29-2)8-16(25)11-19/h3-12H,13H2,1-2H3. The maximum absolute atomic E-state index is 13.8. The summed E-state index contributed by atoms with van der Waals surface area (Å²) in [5.74, 6) is 0.0366. The molecule has 1 heterocycles. The summed E-state index contributed by atoms with van der Waals surface area (Å²) in [6, 6.07) is 14.8. The molecule has 0 saturated heterocycles. The van der Waals surface area contributed by atoms with Crippen molar-refractivity contribution in [1.29, 1.82) is 0 Å². The Hall–Kier alpha value is -3.94. The van der Waals surface area contributed by atoms with Gasteiger partial charge in [-0.2, -0.15) is 0 Å². The van der Waals surface area contributed by atoms with Gasteiger partial charge in [-0.05, 0) is 36.4 Å². The average molecular weight is 424 g/mol. The van der Waals surface area contributed by atoms with E-state index in [1.807, 2.05) is 11.6 Å². The first-order valence-corrected chi connectivity index (χ1v) is 9.33. The summed E-state index contributed by atoms with van der Waals surface area (Å²) in [7, 11) is 3.03. The van der Waals surface area contributed by atoms with Crippen molar-refractivity contribution in [2.75, 3.05) is 7.11 Å². The van der Waals surface area contributed by atoms with Crippen LogP contribution in [-0.4, -0.2) is 22.6 Å². The molecular formula is C23H18F2N2O4. The zero-order valence-electron chi connectivity index (χ0n) is 16.8. The third-order valence-electron chi connectivity index (χ3n) is 4.64. The van der Waals surface area contributed by atoms with E-state index in [0.717, 1.165) is 11.6 Å². The molecule has 6 nitrogen and oxygen atoms in total. The van der Waals surface area contributed by atoms with Crippen LogP contribution in [0.3, 0.4) is 0 Å². The van der Waals surface area contributed by atoms with Gasteiger partial charge in [0.15, 0.2) is 0 Å². The molecule has 4 aromatic rings. The zero-order valence-corrected chi connectivity index (χ0v) is 16.8. The number of hydrogen-bond donors (Lipinski definition) is 0. The fourth-order valence-electron chi connectivity index (χ4n) is 3.11. The normalized spacial score (nSPS) is 10.8. The molecule has 0 aliphatic heterocycles. The average Bonchev–Trinajstić information content (AvgIpc) is 3.06. The van der Waals surface area contributed by atoms with Gasteiger partial charge in [-0.25, -0.2) is 18.6 Å². The minimum atomic E-state index is -0.655. The van der Waals surface area contributed by atoms with Crippen molar-refractivity contribution in [1.82, 2.24) is 9.55 Å². The highest BCUT2D eigenvalue weighted by molar-refractivity contribution is 5.89. The van der Waals surface area contributed by atoms with Crippen LogP contribution in [0, 0.1) is 11.6 Å². The van der Waals surface area contributed by atoms with Crippen molar-refractivity contribution in [2.45, 2.75) is 6.61 Å².